The molecule has 2 aliphatic rings. The highest BCUT2D eigenvalue weighted by molar-refractivity contribution is 5.97. The van der Waals surface area contributed by atoms with Crippen molar-refractivity contribution < 1.29 is 19.1 Å². The van der Waals surface area contributed by atoms with Gasteiger partial charge in [0.25, 0.3) is 0 Å². The van der Waals surface area contributed by atoms with E-state index in [1.807, 2.05) is 49.3 Å². The molecule has 6 heteroatoms. The number of esters is 1. The van der Waals surface area contributed by atoms with E-state index in [1.54, 1.807) is 0 Å². The van der Waals surface area contributed by atoms with Gasteiger partial charge in [0.05, 0.1) is 25.3 Å². The summed E-state index contributed by atoms with van der Waals surface area (Å²) in [6.07, 6.45) is 8.55. The molecule has 1 saturated carbocycles. The van der Waals surface area contributed by atoms with E-state index in [4.69, 9.17) is 9.47 Å². The molecule has 1 amide bonds. The van der Waals surface area contributed by atoms with Gasteiger partial charge in [-0.2, -0.15) is 0 Å². The van der Waals surface area contributed by atoms with Gasteiger partial charge in [-0.05, 0) is 78.3 Å². The molecule has 1 aliphatic carbocycles. The predicted molar refractivity (Wildman–Crippen MR) is 169 cm³/mol. The van der Waals surface area contributed by atoms with Crippen LogP contribution in [-0.2, 0) is 25.6 Å². The molecule has 1 aliphatic heterocycles. The van der Waals surface area contributed by atoms with E-state index in [1.165, 1.54) is 19.2 Å². The summed E-state index contributed by atoms with van der Waals surface area (Å²) in [6, 6.07) is 24.9. The molecular formula is C36H42N2O4. The third-order valence-electron chi connectivity index (χ3n) is 8.43. The fraction of sp³-hybridized carbons (Fsp3) is 0.389. The molecule has 6 nitrogen and oxygen atoms in total. The van der Waals surface area contributed by atoms with Gasteiger partial charge >= 0.3 is 5.97 Å². The average Bonchev–Trinajstić information content (AvgIpc) is 3.57. The van der Waals surface area contributed by atoms with Crippen LogP contribution in [0.15, 0.2) is 78.4 Å². The van der Waals surface area contributed by atoms with E-state index in [0.717, 1.165) is 66.5 Å². The largest absolute Gasteiger partial charge is 0.466 e. The number of carbonyl (C=O) groups excluding carboxylic acids is 2. The minimum Gasteiger partial charge on any atom is -0.466 e. The number of carbonyl (C=O) groups is 2. The first-order valence-electron chi connectivity index (χ1n) is 15.1. The Hall–Kier alpha value is -3.90. The number of nitrogens with zero attached hydrogens (tertiary/aromatic N) is 2. The molecule has 1 saturated heterocycles. The van der Waals surface area contributed by atoms with Crippen LogP contribution in [0, 0.1) is 5.92 Å². The van der Waals surface area contributed by atoms with Crippen LogP contribution in [0.5, 0.6) is 0 Å². The van der Waals surface area contributed by atoms with Crippen LogP contribution in [0.3, 0.4) is 0 Å². The molecule has 3 aromatic carbocycles. The van der Waals surface area contributed by atoms with Crippen LogP contribution in [0.2, 0.25) is 0 Å². The Bertz CT molecular complexity index is 1380. The Morgan fingerprint density at radius 3 is 2.17 bits per heavy atom. The van der Waals surface area contributed by atoms with Gasteiger partial charge in [0.2, 0.25) is 5.91 Å². The van der Waals surface area contributed by atoms with Crippen molar-refractivity contribution in [2.75, 3.05) is 37.6 Å². The molecule has 2 fully saturated rings. The first-order valence-corrected chi connectivity index (χ1v) is 15.1. The van der Waals surface area contributed by atoms with Crippen LogP contribution in [0.1, 0.15) is 56.1 Å². The number of amides is 1. The van der Waals surface area contributed by atoms with Gasteiger partial charge in [0.15, 0.2) is 0 Å². The Labute approximate surface area is 249 Å². The monoisotopic (exact) mass is 566 g/mol. The van der Waals surface area contributed by atoms with Crippen LogP contribution < -0.4 is 9.80 Å². The molecule has 0 N–H and O–H groups in total. The second-order valence-corrected chi connectivity index (χ2v) is 11.6. The summed E-state index contributed by atoms with van der Waals surface area (Å²) in [7, 11) is 5.48. The lowest BCUT2D eigenvalue weighted by atomic mass is 9.88. The quantitative estimate of drug-likeness (QED) is 0.201. The summed E-state index contributed by atoms with van der Waals surface area (Å²) in [5.41, 5.74) is 6.74. The fourth-order valence-electron chi connectivity index (χ4n) is 5.99. The molecule has 220 valence electrons. The van der Waals surface area contributed by atoms with Crippen molar-refractivity contribution in [3.8, 4) is 11.1 Å². The van der Waals surface area contributed by atoms with Gasteiger partial charge in [-0.1, -0.05) is 67.8 Å². The lowest BCUT2D eigenvalue weighted by Gasteiger charge is -2.30. The third-order valence-corrected chi connectivity index (χ3v) is 8.43. The molecule has 0 radical (unpaired) electrons. The van der Waals surface area contributed by atoms with Gasteiger partial charge in [0, 0.05) is 38.0 Å². The van der Waals surface area contributed by atoms with Crippen LogP contribution in [0.25, 0.3) is 17.2 Å². The minimum atomic E-state index is -0.376. The van der Waals surface area contributed by atoms with Crippen molar-refractivity contribution in [1.82, 2.24) is 0 Å². The van der Waals surface area contributed by atoms with Crippen molar-refractivity contribution in [1.29, 1.82) is 0 Å². The van der Waals surface area contributed by atoms with E-state index < -0.39 is 0 Å². The highest BCUT2D eigenvalue weighted by atomic mass is 16.5. The first-order chi connectivity index (χ1) is 20.4. The second-order valence-electron chi connectivity index (χ2n) is 11.6. The highest BCUT2D eigenvalue weighted by Gasteiger charge is 2.28. The summed E-state index contributed by atoms with van der Waals surface area (Å²) in [4.78, 5) is 30.6. The Balaban J connectivity index is 1.42. The number of hydrogen-bond acceptors (Lipinski definition) is 5. The van der Waals surface area contributed by atoms with E-state index in [-0.39, 0.29) is 23.9 Å². The third kappa shape index (κ3) is 7.11. The Morgan fingerprint density at radius 2 is 1.55 bits per heavy atom. The van der Waals surface area contributed by atoms with Gasteiger partial charge in [-0.15, -0.1) is 0 Å². The maximum absolute atomic E-state index is 14.0. The summed E-state index contributed by atoms with van der Waals surface area (Å²) in [5.74, 6) is -0.171. The van der Waals surface area contributed by atoms with Gasteiger partial charge in [-0.25, -0.2) is 4.79 Å². The topological polar surface area (TPSA) is 59.1 Å². The maximum Gasteiger partial charge on any atom is 0.336 e. The van der Waals surface area contributed by atoms with E-state index >= 15 is 0 Å². The van der Waals surface area contributed by atoms with Crippen molar-refractivity contribution in [3.05, 3.63) is 89.5 Å². The number of anilines is 2. The molecule has 42 heavy (non-hydrogen) atoms. The zero-order chi connectivity index (χ0) is 29.5. The van der Waals surface area contributed by atoms with Crippen molar-refractivity contribution >= 4 is 29.3 Å². The number of methoxy groups -OCH3 is 1. The zero-order valence-corrected chi connectivity index (χ0v) is 25.1. The molecule has 0 aromatic heterocycles. The summed E-state index contributed by atoms with van der Waals surface area (Å²) in [5, 5.41) is 0. The van der Waals surface area contributed by atoms with Crippen molar-refractivity contribution in [2.45, 2.75) is 57.6 Å². The standard InChI is InChI=1S/C36H42N2O4/c1-37(2)31-20-18-29(19-21-31)28-16-14-26(15-17-28)25-38(35(39)30-10-5-4-6-11-30)32-12-7-9-27(23-32)24-33(36(40)41-3)34-13-8-22-42-34/h7,9,12,14-21,23-24,30,34H,4-6,8,10-11,13,22,25H2,1-3H3/b33-24+. The van der Waals surface area contributed by atoms with Gasteiger partial charge < -0.3 is 19.3 Å². The molecule has 1 unspecified atom stereocenters. The predicted octanol–water partition coefficient (Wildman–Crippen LogP) is 7.27. The summed E-state index contributed by atoms with van der Waals surface area (Å²) >= 11 is 0. The molecule has 0 spiro atoms. The maximum atomic E-state index is 14.0. The van der Waals surface area contributed by atoms with Gasteiger partial charge in [0.1, 0.15) is 0 Å². The van der Waals surface area contributed by atoms with Crippen molar-refractivity contribution in [3.63, 3.8) is 0 Å². The summed E-state index contributed by atoms with van der Waals surface area (Å²) in [6.45, 7) is 1.13. The zero-order valence-electron chi connectivity index (χ0n) is 25.1. The molecule has 0 bridgehead atoms. The van der Waals surface area contributed by atoms with E-state index in [0.29, 0.717) is 18.7 Å². The molecular weight excluding hydrogens is 524 g/mol. The van der Waals surface area contributed by atoms with Crippen LogP contribution in [-0.4, -0.2) is 45.8 Å². The number of ether oxygens (including phenoxy) is 2. The van der Waals surface area contributed by atoms with Gasteiger partial charge in [-0.3, -0.25) is 4.79 Å². The van der Waals surface area contributed by atoms with E-state index in [9.17, 15) is 9.59 Å². The normalized spacial score (nSPS) is 17.6. The molecule has 1 atom stereocenters. The molecule has 5 rings (SSSR count). The SMILES string of the molecule is COC(=O)/C(=C/c1cccc(N(Cc2ccc(-c3ccc(N(C)C)cc3)cc2)C(=O)C2CCCCC2)c1)C1CCCO1. The Morgan fingerprint density at radius 1 is 0.857 bits per heavy atom. The first kappa shape index (κ1) is 29.6. The number of rotatable bonds is 9. The molecule has 1 heterocycles. The lowest BCUT2D eigenvalue weighted by Crippen LogP contribution is -2.36. The fourth-order valence-corrected chi connectivity index (χ4v) is 5.99. The minimum absolute atomic E-state index is 0.0324. The van der Waals surface area contributed by atoms with Crippen LogP contribution in [0.4, 0.5) is 11.4 Å². The Kier molecular flexibility index (Phi) is 9.75. The molecule has 3 aromatic rings. The second kappa shape index (κ2) is 13.8. The number of benzene rings is 3. The van der Waals surface area contributed by atoms with Crippen LogP contribution >= 0.6 is 0 Å². The highest BCUT2D eigenvalue weighted by Crippen LogP contribution is 2.31. The smallest absolute Gasteiger partial charge is 0.336 e. The number of hydrogen-bond donors (Lipinski definition) is 0. The van der Waals surface area contributed by atoms with Crippen molar-refractivity contribution in [2.24, 2.45) is 5.92 Å². The lowest BCUT2D eigenvalue weighted by molar-refractivity contribution is -0.137. The average molecular weight is 567 g/mol. The summed E-state index contributed by atoms with van der Waals surface area (Å²) < 4.78 is 10.9. The van der Waals surface area contributed by atoms with E-state index in [2.05, 4.69) is 53.4 Å².